The summed E-state index contributed by atoms with van der Waals surface area (Å²) in [5.74, 6) is 1.01. The second-order valence-electron chi connectivity index (χ2n) is 7.18. The highest BCUT2D eigenvalue weighted by molar-refractivity contribution is 5.81. The Balaban J connectivity index is 1.45. The Labute approximate surface area is 182 Å². The molecule has 32 heavy (non-hydrogen) atoms. The summed E-state index contributed by atoms with van der Waals surface area (Å²) < 4.78 is 45.7. The number of imidazole rings is 1. The van der Waals surface area contributed by atoms with Crippen molar-refractivity contribution in [3.63, 3.8) is 0 Å². The number of carbonyl (C=O) groups is 1. The van der Waals surface area contributed by atoms with Gasteiger partial charge >= 0.3 is 6.18 Å². The highest BCUT2D eigenvalue weighted by atomic mass is 19.4. The topological polar surface area (TPSA) is 56.2 Å². The SMILES string of the molecule is O=C(Cn1c(COc2ccccc2)nc2ccccc21)NCc1ccc(C(F)(F)F)cc1. The van der Waals surface area contributed by atoms with E-state index in [1.807, 2.05) is 54.6 Å². The fourth-order valence-corrected chi connectivity index (χ4v) is 3.29. The van der Waals surface area contributed by atoms with Crippen molar-refractivity contribution in [2.24, 2.45) is 0 Å². The Morgan fingerprint density at radius 1 is 0.938 bits per heavy atom. The van der Waals surface area contributed by atoms with Crippen LogP contribution in [0.4, 0.5) is 13.2 Å². The van der Waals surface area contributed by atoms with Gasteiger partial charge in [0.1, 0.15) is 24.7 Å². The fourth-order valence-electron chi connectivity index (χ4n) is 3.29. The molecular formula is C24H20F3N3O2. The zero-order chi connectivity index (χ0) is 22.6. The Hall–Kier alpha value is -3.81. The number of amides is 1. The third kappa shape index (κ3) is 5.08. The second-order valence-corrected chi connectivity index (χ2v) is 7.18. The van der Waals surface area contributed by atoms with E-state index in [1.165, 1.54) is 12.1 Å². The van der Waals surface area contributed by atoms with E-state index in [0.717, 1.165) is 23.2 Å². The minimum absolute atomic E-state index is 0.00856. The van der Waals surface area contributed by atoms with Gasteiger partial charge in [0, 0.05) is 6.54 Å². The van der Waals surface area contributed by atoms with E-state index < -0.39 is 11.7 Å². The summed E-state index contributed by atoms with van der Waals surface area (Å²) in [5.41, 5.74) is 1.40. The van der Waals surface area contributed by atoms with E-state index in [-0.39, 0.29) is 25.6 Å². The average Bonchev–Trinajstić information content (AvgIpc) is 3.14. The molecule has 0 saturated heterocycles. The van der Waals surface area contributed by atoms with E-state index in [0.29, 0.717) is 17.1 Å². The molecule has 0 aliphatic heterocycles. The first-order chi connectivity index (χ1) is 15.4. The molecule has 0 unspecified atom stereocenters. The van der Waals surface area contributed by atoms with Gasteiger partial charge in [-0.15, -0.1) is 0 Å². The van der Waals surface area contributed by atoms with Crippen molar-refractivity contribution in [2.75, 3.05) is 0 Å². The molecule has 0 fully saturated rings. The molecule has 0 spiro atoms. The predicted molar refractivity (Wildman–Crippen MR) is 114 cm³/mol. The van der Waals surface area contributed by atoms with Crippen LogP contribution in [0.15, 0.2) is 78.9 Å². The molecule has 8 heteroatoms. The number of nitrogens with one attached hydrogen (secondary N) is 1. The Morgan fingerprint density at radius 3 is 2.34 bits per heavy atom. The van der Waals surface area contributed by atoms with Gasteiger partial charge in [0.15, 0.2) is 0 Å². The normalized spacial score (nSPS) is 11.5. The Bertz CT molecular complexity index is 1200. The highest BCUT2D eigenvalue weighted by Crippen LogP contribution is 2.29. The van der Waals surface area contributed by atoms with E-state index in [2.05, 4.69) is 10.3 Å². The molecular weight excluding hydrogens is 419 g/mol. The average molecular weight is 439 g/mol. The maximum Gasteiger partial charge on any atom is 0.416 e. The Morgan fingerprint density at radius 2 is 1.62 bits per heavy atom. The summed E-state index contributed by atoms with van der Waals surface area (Å²) in [6, 6.07) is 21.5. The summed E-state index contributed by atoms with van der Waals surface area (Å²) in [5, 5.41) is 2.75. The van der Waals surface area contributed by atoms with Crippen molar-refractivity contribution in [1.29, 1.82) is 0 Å². The third-order valence-corrected chi connectivity index (χ3v) is 4.92. The zero-order valence-electron chi connectivity index (χ0n) is 17.0. The molecule has 164 valence electrons. The molecule has 4 rings (SSSR count). The summed E-state index contributed by atoms with van der Waals surface area (Å²) >= 11 is 0. The van der Waals surface area contributed by atoms with Crippen molar-refractivity contribution in [2.45, 2.75) is 25.9 Å². The maximum absolute atomic E-state index is 12.7. The van der Waals surface area contributed by atoms with Crippen LogP contribution in [-0.2, 0) is 30.7 Å². The van der Waals surface area contributed by atoms with E-state index in [1.54, 1.807) is 4.57 Å². The number of ether oxygens (including phenoxy) is 1. The first-order valence-corrected chi connectivity index (χ1v) is 9.95. The molecule has 3 aromatic carbocycles. The largest absolute Gasteiger partial charge is 0.486 e. The molecule has 1 amide bonds. The summed E-state index contributed by atoms with van der Waals surface area (Å²) in [6.45, 7) is 0.318. The second kappa shape index (κ2) is 9.13. The summed E-state index contributed by atoms with van der Waals surface area (Å²) in [7, 11) is 0. The van der Waals surface area contributed by atoms with Gasteiger partial charge in [-0.2, -0.15) is 13.2 Å². The number of hydrogen-bond acceptors (Lipinski definition) is 3. The van der Waals surface area contributed by atoms with Crippen molar-refractivity contribution in [1.82, 2.24) is 14.9 Å². The lowest BCUT2D eigenvalue weighted by Crippen LogP contribution is -2.28. The summed E-state index contributed by atoms with van der Waals surface area (Å²) in [4.78, 5) is 17.2. The minimum atomic E-state index is -4.39. The van der Waals surface area contributed by atoms with E-state index in [9.17, 15) is 18.0 Å². The number of carbonyl (C=O) groups excluding carboxylic acids is 1. The minimum Gasteiger partial charge on any atom is -0.486 e. The molecule has 0 aliphatic carbocycles. The van der Waals surface area contributed by atoms with Gasteiger partial charge < -0.3 is 14.6 Å². The van der Waals surface area contributed by atoms with E-state index in [4.69, 9.17) is 4.74 Å². The first kappa shape index (κ1) is 21.4. The van der Waals surface area contributed by atoms with Gasteiger partial charge in [-0.25, -0.2) is 4.98 Å². The van der Waals surface area contributed by atoms with Gasteiger partial charge in [0.05, 0.1) is 16.6 Å². The van der Waals surface area contributed by atoms with Crippen molar-refractivity contribution in [3.8, 4) is 5.75 Å². The van der Waals surface area contributed by atoms with Crippen LogP contribution in [0.1, 0.15) is 17.0 Å². The lowest BCUT2D eigenvalue weighted by Gasteiger charge is -2.12. The van der Waals surface area contributed by atoms with Crippen LogP contribution in [0.25, 0.3) is 11.0 Å². The number of para-hydroxylation sites is 3. The fraction of sp³-hybridized carbons (Fsp3) is 0.167. The number of fused-ring (bicyclic) bond motifs is 1. The van der Waals surface area contributed by atoms with Crippen LogP contribution < -0.4 is 10.1 Å². The van der Waals surface area contributed by atoms with Crippen LogP contribution in [0.5, 0.6) is 5.75 Å². The van der Waals surface area contributed by atoms with Gasteiger partial charge in [0.25, 0.3) is 0 Å². The molecule has 0 atom stereocenters. The first-order valence-electron chi connectivity index (χ1n) is 9.95. The van der Waals surface area contributed by atoms with Crippen molar-refractivity contribution >= 4 is 16.9 Å². The molecule has 1 N–H and O–H groups in total. The van der Waals surface area contributed by atoms with Crippen LogP contribution in [0.2, 0.25) is 0 Å². The van der Waals surface area contributed by atoms with Crippen LogP contribution in [0.3, 0.4) is 0 Å². The van der Waals surface area contributed by atoms with E-state index >= 15 is 0 Å². The van der Waals surface area contributed by atoms with Gasteiger partial charge in [-0.05, 0) is 42.0 Å². The number of hydrogen-bond donors (Lipinski definition) is 1. The molecule has 0 radical (unpaired) electrons. The number of benzene rings is 3. The number of aromatic nitrogens is 2. The molecule has 1 heterocycles. The number of nitrogens with zero attached hydrogens (tertiary/aromatic N) is 2. The monoisotopic (exact) mass is 439 g/mol. The van der Waals surface area contributed by atoms with Crippen LogP contribution in [-0.4, -0.2) is 15.5 Å². The molecule has 0 aliphatic rings. The van der Waals surface area contributed by atoms with Gasteiger partial charge in [-0.1, -0.05) is 42.5 Å². The van der Waals surface area contributed by atoms with Crippen LogP contribution in [0, 0.1) is 0 Å². The number of alkyl halides is 3. The van der Waals surface area contributed by atoms with Gasteiger partial charge in [0.2, 0.25) is 5.91 Å². The third-order valence-electron chi connectivity index (χ3n) is 4.92. The lowest BCUT2D eigenvalue weighted by molar-refractivity contribution is -0.137. The smallest absolute Gasteiger partial charge is 0.416 e. The Kier molecular flexibility index (Phi) is 6.11. The lowest BCUT2D eigenvalue weighted by atomic mass is 10.1. The van der Waals surface area contributed by atoms with Crippen molar-refractivity contribution in [3.05, 3.63) is 95.8 Å². The predicted octanol–water partition coefficient (Wildman–Crippen LogP) is 4.95. The molecule has 1 aromatic heterocycles. The number of halogens is 3. The molecule has 0 saturated carbocycles. The maximum atomic E-state index is 12.7. The molecule has 5 nitrogen and oxygen atoms in total. The summed E-state index contributed by atoms with van der Waals surface area (Å²) in [6.07, 6.45) is -4.39. The molecule has 0 bridgehead atoms. The van der Waals surface area contributed by atoms with Crippen LogP contribution >= 0.6 is 0 Å². The standard InChI is InChI=1S/C24H20F3N3O2/c25-24(26,27)18-12-10-17(11-13-18)14-28-23(31)15-30-21-9-5-4-8-20(21)29-22(30)16-32-19-6-2-1-3-7-19/h1-13H,14-16H2,(H,28,31). The quantitative estimate of drug-likeness (QED) is 0.443. The van der Waals surface area contributed by atoms with Crippen molar-refractivity contribution < 1.29 is 22.7 Å². The molecule has 4 aromatic rings. The zero-order valence-corrected chi connectivity index (χ0v) is 17.0. The highest BCUT2D eigenvalue weighted by Gasteiger charge is 2.29. The number of rotatable bonds is 7. The van der Waals surface area contributed by atoms with Gasteiger partial charge in [-0.3, -0.25) is 4.79 Å².